The van der Waals surface area contributed by atoms with E-state index >= 15 is 0 Å². The molecule has 9 heteroatoms. The van der Waals surface area contributed by atoms with Gasteiger partial charge in [0.05, 0.1) is 0 Å². The Morgan fingerprint density at radius 3 is 2.80 bits per heavy atom. The van der Waals surface area contributed by atoms with Gasteiger partial charge in [-0.15, -0.1) is 0 Å². The minimum absolute atomic E-state index is 0.0486. The number of nitrogens with one attached hydrogen (secondary N) is 2. The molecule has 2 N–H and O–H groups in total. The fourth-order valence-corrected chi connectivity index (χ4v) is 3.76. The monoisotopic (exact) mass is 435 g/mol. The van der Waals surface area contributed by atoms with Crippen molar-refractivity contribution in [2.24, 2.45) is 5.92 Å². The maximum atomic E-state index is 13.3. The summed E-state index contributed by atoms with van der Waals surface area (Å²) in [5.74, 6) is -1.48. The predicted molar refractivity (Wildman–Crippen MR) is 112 cm³/mol. The molecule has 30 heavy (non-hydrogen) atoms. The van der Waals surface area contributed by atoms with Crippen LogP contribution in [0.15, 0.2) is 42.5 Å². The number of hydrogen-bond acceptors (Lipinski definition) is 5. The van der Waals surface area contributed by atoms with Crippen LogP contribution in [-0.2, 0) is 11.4 Å². The van der Waals surface area contributed by atoms with Crippen molar-refractivity contribution >= 4 is 28.8 Å². The number of rotatable bonds is 5. The zero-order valence-corrected chi connectivity index (χ0v) is 17.3. The summed E-state index contributed by atoms with van der Waals surface area (Å²) in [4.78, 5) is 26.5. The molecule has 2 aromatic rings. The van der Waals surface area contributed by atoms with Crippen LogP contribution in [0.4, 0.5) is 19.3 Å². The van der Waals surface area contributed by atoms with Crippen LogP contribution in [-0.4, -0.2) is 36.2 Å². The third-order valence-corrected chi connectivity index (χ3v) is 5.51. The van der Waals surface area contributed by atoms with Gasteiger partial charge in [-0.1, -0.05) is 12.1 Å². The molecular formula is C21H23F2N3O3S. The highest BCUT2D eigenvalue weighted by molar-refractivity contribution is 8.12. The molecule has 1 aliphatic rings. The third kappa shape index (κ3) is 6.43. The predicted octanol–water partition coefficient (Wildman–Crippen LogP) is 4.18. The van der Waals surface area contributed by atoms with Crippen LogP contribution >= 0.6 is 11.9 Å². The number of carbonyl (C=O) groups is 2. The first-order valence-electron chi connectivity index (χ1n) is 9.54. The Morgan fingerprint density at radius 1 is 1.20 bits per heavy atom. The van der Waals surface area contributed by atoms with E-state index in [4.69, 9.17) is 4.74 Å². The quantitative estimate of drug-likeness (QED) is 0.690. The lowest BCUT2D eigenvalue weighted by molar-refractivity contribution is -0.115. The lowest BCUT2D eigenvalue weighted by Gasteiger charge is -2.28. The molecule has 1 saturated heterocycles. The van der Waals surface area contributed by atoms with E-state index in [1.54, 1.807) is 24.3 Å². The smallest absolute Gasteiger partial charge is 0.329 e. The van der Waals surface area contributed by atoms with Crippen LogP contribution in [0.1, 0.15) is 18.4 Å². The van der Waals surface area contributed by atoms with Crippen molar-refractivity contribution in [3.8, 4) is 5.75 Å². The summed E-state index contributed by atoms with van der Waals surface area (Å²) < 4.78 is 34.3. The van der Waals surface area contributed by atoms with Crippen LogP contribution in [0.5, 0.6) is 5.75 Å². The van der Waals surface area contributed by atoms with Crippen LogP contribution < -0.4 is 14.8 Å². The number of benzene rings is 2. The summed E-state index contributed by atoms with van der Waals surface area (Å²) in [5, 5.41) is 2.59. The second-order valence-electron chi connectivity index (χ2n) is 7.14. The molecule has 1 aliphatic heterocycles. The average Bonchev–Trinajstić information content (AvgIpc) is 2.73. The zero-order valence-electron chi connectivity index (χ0n) is 16.5. The van der Waals surface area contributed by atoms with Crippen LogP contribution in [0.2, 0.25) is 0 Å². The average molecular weight is 435 g/mol. The van der Waals surface area contributed by atoms with Crippen LogP contribution in [0.25, 0.3) is 0 Å². The number of halogens is 2. The number of ether oxygens (including phenoxy) is 1. The van der Waals surface area contributed by atoms with Crippen molar-refractivity contribution in [3.05, 3.63) is 59.7 Å². The Balaban J connectivity index is 1.47. The van der Waals surface area contributed by atoms with Crippen molar-refractivity contribution in [3.63, 3.8) is 0 Å². The third-order valence-electron chi connectivity index (χ3n) is 4.68. The molecule has 1 unspecified atom stereocenters. The molecule has 0 aromatic heterocycles. The maximum Gasteiger partial charge on any atom is 0.329 e. The molecule has 0 saturated carbocycles. The van der Waals surface area contributed by atoms with Crippen molar-refractivity contribution in [2.45, 2.75) is 19.4 Å². The van der Waals surface area contributed by atoms with Gasteiger partial charge in [0.15, 0.2) is 11.6 Å². The van der Waals surface area contributed by atoms with Crippen molar-refractivity contribution in [2.75, 3.05) is 25.5 Å². The van der Waals surface area contributed by atoms with E-state index in [0.717, 1.165) is 43.5 Å². The molecular weight excluding hydrogens is 412 g/mol. The van der Waals surface area contributed by atoms with E-state index in [1.165, 1.54) is 6.07 Å². The van der Waals surface area contributed by atoms with Gasteiger partial charge in [0.1, 0.15) is 12.4 Å². The van der Waals surface area contributed by atoms with Crippen LogP contribution in [0.3, 0.4) is 0 Å². The highest BCUT2D eigenvalue weighted by Gasteiger charge is 2.24. The molecule has 2 aromatic carbocycles. The molecule has 6 nitrogen and oxygen atoms in total. The first-order valence-corrected chi connectivity index (χ1v) is 10.4. The Bertz CT molecular complexity index is 913. The molecule has 1 atom stereocenters. The van der Waals surface area contributed by atoms with Crippen molar-refractivity contribution in [1.82, 2.24) is 9.62 Å². The number of likely N-dealkylation sites (tertiary alicyclic amines) is 1. The number of piperidine rings is 1. The fraction of sp³-hybridized carbons (Fsp3) is 0.333. The van der Waals surface area contributed by atoms with E-state index < -0.39 is 17.7 Å². The van der Waals surface area contributed by atoms with Gasteiger partial charge < -0.3 is 15.0 Å². The van der Waals surface area contributed by atoms with Gasteiger partial charge in [-0.2, -0.15) is 0 Å². The van der Waals surface area contributed by atoms with Gasteiger partial charge in [0.2, 0.25) is 5.12 Å². The normalized spacial score (nSPS) is 16.7. The van der Waals surface area contributed by atoms with Gasteiger partial charge in [-0.05, 0) is 56.3 Å². The van der Waals surface area contributed by atoms with E-state index in [2.05, 4.69) is 14.9 Å². The minimum atomic E-state index is -0.935. The van der Waals surface area contributed by atoms with Gasteiger partial charge in [-0.3, -0.25) is 9.52 Å². The Hall–Kier alpha value is -2.65. The summed E-state index contributed by atoms with van der Waals surface area (Å²) in [6.45, 7) is 1.73. The number of urea groups is 1. The maximum absolute atomic E-state index is 13.3. The minimum Gasteiger partial charge on any atom is -0.489 e. The van der Waals surface area contributed by atoms with Crippen molar-refractivity contribution in [1.29, 1.82) is 0 Å². The number of carbonyl (C=O) groups excluding carboxylic acids is 2. The molecule has 0 bridgehead atoms. The highest BCUT2D eigenvalue weighted by Crippen LogP contribution is 2.21. The van der Waals surface area contributed by atoms with Crippen LogP contribution in [0, 0.1) is 17.6 Å². The topological polar surface area (TPSA) is 70.7 Å². The van der Waals surface area contributed by atoms with Gasteiger partial charge in [0.25, 0.3) is 0 Å². The summed E-state index contributed by atoms with van der Waals surface area (Å²) >= 11 is 0.802. The Labute approximate surface area is 178 Å². The van der Waals surface area contributed by atoms with Crippen molar-refractivity contribution < 1.29 is 23.1 Å². The number of amides is 2. The molecule has 160 valence electrons. The SMILES string of the molecule is CN1CCCC(C(=O)SNC(=O)Nc2cccc(OCc3ccc(F)c(F)c3)c2)C1. The van der Waals surface area contributed by atoms with E-state index in [9.17, 15) is 18.4 Å². The molecule has 1 fully saturated rings. The van der Waals surface area contributed by atoms with E-state index in [1.807, 2.05) is 7.05 Å². The zero-order chi connectivity index (χ0) is 21.5. The second-order valence-corrected chi connectivity index (χ2v) is 7.95. The lowest BCUT2D eigenvalue weighted by atomic mass is 10.0. The van der Waals surface area contributed by atoms with Gasteiger partial charge in [0, 0.05) is 36.2 Å². The summed E-state index contributed by atoms with van der Waals surface area (Å²) in [6.07, 6.45) is 1.80. The molecule has 0 spiro atoms. The van der Waals surface area contributed by atoms with E-state index in [-0.39, 0.29) is 17.6 Å². The van der Waals surface area contributed by atoms with E-state index in [0.29, 0.717) is 23.5 Å². The molecule has 0 aliphatic carbocycles. The fourth-order valence-electron chi connectivity index (χ4n) is 3.16. The molecule has 3 rings (SSSR count). The first-order chi connectivity index (χ1) is 14.4. The number of hydrogen-bond donors (Lipinski definition) is 2. The molecule has 0 radical (unpaired) electrons. The molecule has 1 heterocycles. The Kier molecular flexibility index (Phi) is 7.64. The summed E-state index contributed by atoms with van der Waals surface area (Å²) in [6, 6.07) is 9.67. The number of nitrogens with zero attached hydrogens (tertiary/aromatic N) is 1. The lowest BCUT2D eigenvalue weighted by Crippen LogP contribution is -2.36. The molecule has 2 amide bonds. The van der Waals surface area contributed by atoms with Gasteiger partial charge in [-0.25, -0.2) is 13.6 Å². The first kappa shape index (κ1) is 22.0. The summed E-state index contributed by atoms with van der Waals surface area (Å²) in [7, 11) is 1.98. The highest BCUT2D eigenvalue weighted by atomic mass is 32.2. The number of anilines is 1. The van der Waals surface area contributed by atoms with Gasteiger partial charge >= 0.3 is 6.03 Å². The second kappa shape index (κ2) is 10.4. The summed E-state index contributed by atoms with van der Waals surface area (Å²) in [5.41, 5.74) is 0.953. The standard InChI is InChI=1S/C21H23F2N3O3S/c1-26-9-3-4-15(12-26)20(27)30-25-21(28)24-16-5-2-6-17(11-16)29-13-14-7-8-18(22)19(23)10-14/h2,5-8,10-11,15H,3-4,9,12-13H2,1H3,(H2,24,25,28). The Morgan fingerprint density at radius 2 is 2.03 bits per heavy atom. The largest absolute Gasteiger partial charge is 0.489 e.